The van der Waals surface area contributed by atoms with Crippen LogP contribution in [0, 0.1) is 0 Å². The number of aromatic hydroxyl groups is 2. The molecule has 0 radical (unpaired) electrons. The minimum atomic E-state index is -5.08. The molecule has 0 bridgehead atoms. The van der Waals surface area contributed by atoms with Crippen LogP contribution in [-0.2, 0) is 9.53 Å². The molecular weight excluding hydrogens is 587 g/mol. The van der Waals surface area contributed by atoms with Crippen LogP contribution >= 0.6 is 0 Å². The van der Waals surface area contributed by atoms with Crippen molar-refractivity contribution in [3.05, 3.63) is 89.5 Å². The van der Waals surface area contributed by atoms with E-state index in [9.17, 15) is 37.8 Å². The summed E-state index contributed by atoms with van der Waals surface area (Å²) in [6.07, 6.45) is -4.26. The molecule has 1 aliphatic rings. The fourth-order valence-corrected chi connectivity index (χ4v) is 4.15. The van der Waals surface area contributed by atoms with Crippen molar-refractivity contribution in [1.29, 1.82) is 0 Å². The van der Waals surface area contributed by atoms with Crippen LogP contribution in [0.3, 0.4) is 0 Å². The maximum Gasteiger partial charge on any atom is 0.490 e. The lowest BCUT2D eigenvalue weighted by Gasteiger charge is -2.26. The number of benzene rings is 3. The Morgan fingerprint density at radius 1 is 0.932 bits per heavy atom. The second kappa shape index (κ2) is 14.9. The highest BCUT2D eigenvalue weighted by atomic mass is 19.4. The van der Waals surface area contributed by atoms with Crippen molar-refractivity contribution >= 4 is 29.4 Å². The molecule has 1 saturated heterocycles. The Hall–Kier alpha value is -5.11. The Morgan fingerprint density at radius 3 is 2.11 bits per heavy atom. The van der Waals surface area contributed by atoms with Crippen molar-refractivity contribution in [3.63, 3.8) is 0 Å². The number of nitrogens with zero attached hydrogens (tertiary/aromatic N) is 1. The van der Waals surface area contributed by atoms with Gasteiger partial charge in [0.2, 0.25) is 0 Å². The van der Waals surface area contributed by atoms with Gasteiger partial charge < -0.3 is 35.6 Å². The van der Waals surface area contributed by atoms with Crippen molar-refractivity contribution in [2.24, 2.45) is 0 Å². The number of ether oxygens (including phenoxy) is 1. The van der Waals surface area contributed by atoms with Gasteiger partial charge in [0.05, 0.1) is 17.2 Å². The number of para-hydroxylation sites is 1. The zero-order chi connectivity index (χ0) is 32.4. The van der Waals surface area contributed by atoms with E-state index in [4.69, 9.17) is 14.6 Å². The van der Waals surface area contributed by atoms with Gasteiger partial charge in [0.25, 0.3) is 11.8 Å². The zero-order valence-corrected chi connectivity index (χ0v) is 23.4. The number of rotatable bonds is 6. The number of amides is 2. The quantitative estimate of drug-likeness (QED) is 0.259. The van der Waals surface area contributed by atoms with E-state index in [2.05, 4.69) is 10.6 Å². The van der Waals surface area contributed by atoms with Gasteiger partial charge in [-0.1, -0.05) is 12.1 Å². The van der Waals surface area contributed by atoms with Gasteiger partial charge in [0.15, 0.2) is 0 Å². The molecule has 1 heterocycles. The molecule has 234 valence electrons. The second-order valence-corrected chi connectivity index (χ2v) is 9.65. The maximum atomic E-state index is 12.9. The number of hydrogen-bond acceptors (Lipinski definition) is 8. The molecule has 4 rings (SSSR count). The number of phenolic OH excluding ortho intramolecular Hbond substituents is 2. The fourth-order valence-electron chi connectivity index (χ4n) is 4.15. The van der Waals surface area contributed by atoms with E-state index >= 15 is 0 Å². The van der Waals surface area contributed by atoms with Gasteiger partial charge in [-0.2, -0.15) is 13.2 Å². The van der Waals surface area contributed by atoms with E-state index in [-0.39, 0.29) is 28.9 Å². The first kappa shape index (κ1) is 33.4. The highest BCUT2D eigenvalue weighted by molar-refractivity contribution is 6.07. The Bertz CT molecular complexity index is 1460. The molecule has 3 aromatic carbocycles. The molecular formula is C30H30F3N3O8. The first-order valence-corrected chi connectivity index (χ1v) is 13.3. The summed E-state index contributed by atoms with van der Waals surface area (Å²) in [4.78, 5) is 48.7. The Labute approximate surface area is 249 Å². The van der Waals surface area contributed by atoms with Gasteiger partial charge in [0.1, 0.15) is 17.6 Å². The molecule has 3 aromatic rings. The van der Waals surface area contributed by atoms with Gasteiger partial charge in [-0.05, 0) is 80.1 Å². The Morgan fingerprint density at radius 2 is 1.52 bits per heavy atom. The molecule has 0 saturated carbocycles. The summed E-state index contributed by atoms with van der Waals surface area (Å²) in [7, 11) is 1.59. The predicted molar refractivity (Wildman–Crippen MR) is 152 cm³/mol. The summed E-state index contributed by atoms with van der Waals surface area (Å²) in [6, 6.07) is 18.2. The van der Waals surface area contributed by atoms with Gasteiger partial charge in [-0.25, -0.2) is 9.59 Å². The van der Waals surface area contributed by atoms with Crippen molar-refractivity contribution in [1.82, 2.24) is 10.6 Å². The molecule has 1 fully saturated rings. The van der Waals surface area contributed by atoms with E-state index < -0.39 is 30.3 Å². The lowest BCUT2D eigenvalue weighted by Crippen LogP contribution is -2.49. The fraction of sp³-hybridized carbons (Fsp3) is 0.267. The number of nitrogens with one attached hydrogen (secondary N) is 2. The number of carbonyl (C=O) groups is 4. The number of anilines is 1. The molecule has 44 heavy (non-hydrogen) atoms. The number of hydrogen-bond donors (Lipinski definition) is 5. The van der Waals surface area contributed by atoms with Crippen LogP contribution in [-0.4, -0.2) is 77.5 Å². The molecule has 2 amide bonds. The number of aliphatic carboxylic acids is 1. The molecule has 5 N–H and O–H groups in total. The van der Waals surface area contributed by atoms with Crippen LogP contribution in [0.25, 0.3) is 0 Å². The average Bonchev–Trinajstić information content (AvgIpc) is 3.21. The third-order valence-corrected chi connectivity index (χ3v) is 6.53. The van der Waals surface area contributed by atoms with Crippen LogP contribution in [0.4, 0.5) is 18.9 Å². The van der Waals surface area contributed by atoms with Gasteiger partial charge in [-0.3, -0.25) is 9.59 Å². The summed E-state index contributed by atoms with van der Waals surface area (Å²) >= 11 is 0. The topological polar surface area (TPSA) is 165 Å². The van der Waals surface area contributed by atoms with Crippen LogP contribution < -0.4 is 15.5 Å². The summed E-state index contributed by atoms with van der Waals surface area (Å²) in [5.74, 6) is -4.03. The largest absolute Gasteiger partial charge is 0.508 e. The molecule has 0 aromatic heterocycles. The Kier molecular flexibility index (Phi) is 11.3. The molecule has 14 heteroatoms. The third kappa shape index (κ3) is 9.19. The lowest BCUT2D eigenvalue weighted by molar-refractivity contribution is -0.192. The number of phenols is 2. The standard InChI is InChI=1S/C28H29N3O6.C2HF3O2/c1-31(27(35)22-5-2-3-6-24(22)33)20-12-8-19(9-13-20)28(36)37-25-7-4-16-29-17-23(25)30-26(34)18-10-14-21(32)15-11-18;3-2(4,5)1(6)7/h2-3,5-6,8-15,23,25,29,32-33H,4,7,16-17H2,1H3,(H,30,34);(H,6,7)/t23-,25-;/m1./s1. The molecule has 1 aliphatic heterocycles. The number of carboxylic acids is 1. The van der Waals surface area contributed by atoms with Crippen molar-refractivity contribution in [2.75, 3.05) is 25.0 Å². The third-order valence-electron chi connectivity index (χ3n) is 6.53. The van der Waals surface area contributed by atoms with Crippen LogP contribution in [0.2, 0.25) is 0 Å². The normalized spacial score (nSPS) is 16.4. The zero-order valence-electron chi connectivity index (χ0n) is 23.4. The number of esters is 1. The van der Waals surface area contributed by atoms with E-state index in [0.717, 1.165) is 13.0 Å². The predicted octanol–water partition coefficient (Wildman–Crippen LogP) is 3.72. The van der Waals surface area contributed by atoms with Crippen molar-refractivity contribution < 1.29 is 52.4 Å². The first-order chi connectivity index (χ1) is 20.8. The van der Waals surface area contributed by atoms with Crippen LogP contribution in [0.5, 0.6) is 11.5 Å². The van der Waals surface area contributed by atoms with Gasteiger partial charge >= 0.3 is 18.1 Å². The average molecular weight is 618 g/mol. The van der Waals surface area contributed by atoms with E-state index in [1.807, 2.05) is 0 Å². The summed E-state index contributed by atoms with van der Waals surface area (Å²) in [5.41, 5.74) is 1.43. The summed E-state index contributed by atoms with van der Waals surface area (Å²) in [6.45, 7) is 1.19. The molecule has 0 spiro atoms. The van der Waals surface area contributed by atoms with E-state index in [0.29, 0.717) is 29.8 Å². The monoisotopic (exact) mass is 617 g/mol. The number of alkyl halides is 3. The second-order valence-electron chi connectivity index (χ2n) is 9.65. The molecule has 0 aliphatic carbocycles. The minimum Gasteiger partial charge on any atom is -0.508 e. The molecule has 2 atom stereocenters. The number of carboxylic acid groups (broad SMARTS) is 1. The highest BCUT2D eigenvalue weighted by Crippen LogP contribution is 2.23. The summed E-state index contributed by atoms with van der Waals surface area (Å²) < 4.78 is 37.5. The lowest BCUT2D eigenvalue weighted by atomic mass is 10.1. The highest BCUT2D eigenvalue weighted by Gasteiger charge is 2.38. The van der Waals surface area contributed by atoms with Crippen LogP contribution in [0.15, 0.2) is 72.8 Å². The van der Waals surface area contributed by atoms with E-state index in [1.165, 1.54) is 35.2 Å². The van der Waals surface area contributed by atoms with Crippen molar-refractivity contribution in [2.45, 2.75) is 31.2 Å². The van der Waals surface area contributed by atoms with Gasteiger partial charge in [0, 0.05) is 24.8 Å². The SMILES string of the molecule is CN(C(=O)c1ccccc1O)c1ccc(C(=O)O[C@@H]2CCCNC[C@H]2NC(=O)c2ccc(O)cc2)cc1.O=C(O)C(F)(F)F. The Balaban J connectivity index is 0.000000676. The number of halogens is 3. The van der Waals surface area contributed by atoms with E-state index in [1.54, 1.807) is 49.5 Å². The first-order valence-electron chi connectivity index (χ1n) is 13.3. The smallest absolute Gasteiger partial charge is 0.490 e. The summed E-state index contributed by atoms with van der Waals surface area (Å²) in [5, 5.41) is 32.7. The van der Waals surface area contributed by atoms with Crippen molar-refractivity contribution in [3.8, 4) is 11.5 Å². The molecule has 0 unspecified atom stereocenters. The van der Waals surface area contributed by atoms with Gasteiger partial charge in [-0.15, -0.1) is 0 Å². The number of carbonyl (C=O) groups excluding carboxylic acids is 3. The maximum absolute atomic E-state index is 12.9. The minimum absolute atomic E-state index is 0.0688. The van der Waals surface area contributed by atoms with Crippen LogP contribution in [0.1, 0.15) is 43.9 Å². The molecule has 11 nitrogen and oxygen atoms in total.